The summed E-state index contributed by atoms with van der Waals surface area (Å²) in [6.45, 7) is 5.15. The Balaban J connectivity index is 1.55. The highest BCUT2D eigenvalue weighted by Gasteiger charge is 2.21. The Labute approximate surface area is 163 Å². The van der Waals surface area contributed by atoms with Crippen LogP contribution in [0.5, 0.6) is 0 Å². The Morgan fingerprint density at radius 1 is 1.29 bits per heavy atom. The Bertz CT molecular complexity index is 931. The number of hydrogen-bond donors (Lipinski definition) is 2. The zero-order valence-electron chi connectivity index (χ0n) is 15.4. The van der Waals surface area contributed by atoms with Crippen molar-refractivity contribution in [1.29, 1.82) is 5.26 Å². The van der Waals surface area contributed by atoms with E-state index < -0.39 is 0 Å². The molecule has 0 saturated carbocycles. The number of hydrogen-bond acceptors (Lipinski definition) is 5. The highest BCUT2D eigenvalue weighted by Crippen LogP contribution is 2.28. The molecule has 1 aliphatic rings. The first-order chi connectivity index (χ1) is 13.6. The largest absolute Gasteiger partial charge is 0.368 e. The molecule has 0 atom stereocenters. The van der Waals surface area contributed by atoms with Crippen LogP contribution in [-0.4, -0.2) is 36.4 Å². The predicted molar refractivity (Wildman–Crippen MR) is 107 cm³/mol. The van der Waals surface area contributed by atoms with E-state index in [1.54, 1.807) is 23.1 Å². The number of carbonyl (C=O) groups excluding carboxylic acids is 2. The van der Waals surface area contributed by atoms with Crippen molar-refractivity contribution in [3.05, 3.63) is 65.9 Å². The van der Waals surface area contributed by atoms with Crippen LogP contribution in [0.25, 0.3) is 0 Å². The first-order valence-electron chi connectivity index (χ1n) is 9.07. The zero-order valence-corrected chi connectivity index (χ0v) is 15.4. The van der Waals surface area contributed by atoms with Gasteiger partial charge in [0.15, 0.2) is 0 Å². The molecule has 0 fully saturated rings. The van der Waals surface area contributed by atoms with Crippen LogP contribution in [0.2, 0.25) is 0 Å². The van der Waals surface area contributed by atoms with Crippen LogP contribution < -0.4 is 15.5 Å². The Morgan fingerprint density at radius 2 is 2.14 bits per heavy atom. The van der Waals surface area contributed by atoms with Crippen molar-refractivity contribution in [1.82, 2.24) is 10.3 Å². The van der Waals surface area contributed by atoms with E-state index in [2.05, 4.69) is 22.2 Å². The molecule has 2 N–H and O–H groups in total. The monoisotopic (exact) mass is 375 g/mol. The smallest absolute Gasteiger partial charge is 0.251 e. The number of nitriles is 1. The molecule has 0 aliphatic carbocycles. The van der Waals surface area contributed by atoms with E-state index >= 15 is 0 Å². The average Bonchev–Trinajstić information content (AvgIpc) is 2.75. The number of nitrogens with zero attached hydrogens (tertiary/aromatic N) is 3. The van der Waals surface area contributed by atoms with Gasteiger partial charge in [-0.2, -0.15) is 5.26 Å². The molecule has 2 aromatic rings. The Morgan fingerprint density at radius 3 is 2.86 bits per heavy atom. The SMILES string of the molecule is C=CC(=O)N1CCCc2cc(C(=O)NCCNc3ccc(C#N)cn3)ccc21. The minimum atomic E-state index is -0.162. The van der Waals surface area contributed by atoms with Crippen LogP contribution in [-0.2, 0) is 11.2 Å². The molecule has 0 bridgehead atoms. The Kier molecular flexibility index (Phi) is 6.02. The van der Waals surface area contributed by atoms with Gasteiger partial charge in [0.1, 0.15) is 11.9 Å². The fourth-order valence-corrected chi connectivity index (χ4v) is 3.11. The molecule has 7 nitrogen and oxygen atoms in total. The fraction of sp³-hybridized carbons (Fsp3) is 0.238. The minimum Gasteiger partial charge on any atom is -0.368 e. The van der Waals surface area contributed by atoms with Gasteiger partial charge in [-0.1, -0.05) is 6.58 Å². The van der Waals surface area contributed by atoms with Crippen LogP contribution in [0.15, 0.2) is 49.2 Å². The second-order valence-electron chi connectivity index (χ2n) is 6.37. The van der Waals surface area contributed by atoms with Gasteiger partial charge in [-0.05, 0) is 54.8 Å². The summed E-state index contributed by atoms with van der Waals surface area (Å²) in [6.07, 6.45) is 4.50. The van der Waals surface area contributed by atoms with Gasteiger partial charge in [0.2, 0.25) is 5.91 Å². The summed E-state index contributed by atoms with van der Waals surface area (Å²) in [5.74, 6) is 0.360. The summed E-state index contributed by atoms with van der Waals surface area (Å²) in [5.41, 5.74) is 2.91. The topological polar surface area (TPSA) is 98.1 Å². The first-order valence-corrected chi connectivity index (χ1v) is 9.07. The lowest BCUT2D eigenvalue weighted by molar-refractivity contribution is -0.114. The molecule has 0 radical (unpaired) electrons. The summed E-state index contributed by atoms with van der Waals surface area (Å²) < 4.78 is 0. The number of benzene rings is 1. The first kappa shape index (κ1) is 19.1. The second-order valence-corrected chi connectivity index (χ2v) is 6.37. The van der Waals surface area contributed by atoms with Crippen molar-refractivity contribution < 1.29 is 9.59 Å². The van der Waals surface area contributed by atoms with Crippen molar-refractivity contribution in [2.24, 2.45) is 0 Å². The molecule has 7 heteroatoms. The molecule has 2 heterocycles. The van der Waals surface area contributed by atoms with Gasteiger partial charge in [0, 0.05) is 37.1 Å². The van der Waals surface area contributed by atoms with Gasteiger partial charge in [0.05, 0.1) is 5.56 Å². The molecule has 1 aromatic heterocycles. The normalized spacial score (nSPS) is 12.5. The van der Waals surface area contributed by atoms with Crippen molar-refractivity contribution in [2.45, 2.75) is 12.8 Å². The molecule has 28 heavy (non-hydrogen) atoms. The highest BCUT2D eigenvalue weighted by atomic mass is 16.2. The van der Waals surface area contributed by atoms with Crippen molar-refractivity contribution >= 4 is 23.3 Å². The molecule has 0 saturated heterocycles. The number of aromatic nitrogens is 1. The number of nitrogens with one attached hydrogen (secondary N) is 2. The van der Waals surface area contributed by atoms with Gasteiger partial charge in [-0.3, -0.25) is 9.59 Å². The number of amides is 2. The number of pyridine rings is 1. The molecule has 3 rings (SSSR count). The molecule has 2 amide bonds. The lowest BCUT2D eigenvalue weighted by Gasteiger charge is -2.28. The van der Waals surface area contributed by atoms with E-state index in [0.29, 0.717) is 36.6 Å². The lowest BCUT2D eigenvalue weighted by atomic mass is 9.98. The van der Waals surface area contributed by atoms with Crippen LogP contribution >= 0.6 is 0 Å². The number of aryl methyl sites for hydroxylation is 1. The number of anilines is 2. The summed E-state index contributed by atoms with van der Waals surface area (Å²) in [5, 5.41) is 14.7. The summed E-state index contributed by atoms with van der Waals surface area (Å²) >= 11 is 0. The van der Waals surface area contributed by atoms with Crippen LogP contribution in [0.1, 0.15) is 27.9 Å². The van der Waals surface area contributed by atoms with E-state index in [1.807, 2.05) is 18.2 Å². The zero-order chi connectivity index (χ0) is 19.9. The van der Waals surface area contributed by atoms with Gasteiger partial charge in [-0.15, -0.1) is 0 Å². The van der Waals surface area contributed by atoms with Crippen LogP contribution in [0.4, 0.5) is 11.5 Å². The number of rotatable bonds is 6. The van der Waals surface area contributed by atoms with Crippen molar-refractivity contribution in [3.8, 4) is 6.07 Å². The van der Waals surface area contributed by atoms with Gasteiger partial charge in [0.25, 0.3) is 5.91 Å². The predicted octanol–water partition coefficient (Wildman–Crippen LogP) is 2.26. The third-order valence-corrected chi connectivity index (χ3v) is 4.51. The minimum absolute atomic E-state index is 0.124. The van der Waals surface area contributed by atoms with Crippen molar-refractivity contribution in [3.63, 3.8) is 0 Å². The van der Waals surface area contributed by atoms with E-state index in [0.717, 1.165) is 24.1 Å². The van der Waals surface area contributed by atoms with Gasteiger partial charge >= 0.3 is 0 Å². The summed E-state index contributed by atoms with van der Waals surface area (Å²) in [4.78, 5) is 30.2. The quantitative estimate of drug-likeness (QED) is 0.596. The van der Waals surface area contributed by atoms with Gasteiger partial charge < -0.3 is 15.5 Å². The van der Waals surface area contributed by atoms with Crippen LogP contribution in [0.3, 0.4) is 0 Å². The summed E-state index contributed by atoms with van der Waals surface area (Å²) in [6, 6.07) is 10.8. The van der Waals surface area contributed by atoms with Crippen LogP contribution in [0, 0.1) is 11.3 Å². The average molecular weight is 375 g/mol. The molecular weight excluding hydrogens is 354 g/mol. The standard InChI is InChI=1S/C21H21N5O2/c1-2-20(27)26-11-3-4-16-12-17(6-7-18(16)26)21(28)24-10-9-23-19-8-5-15(13-22)14-25-19/h2,5-8,12,14H,1,3-4,9-11H2,(H,23,25)(H,24,28). The van der Waals surface area contributed by atoms with E-state index in [1.165, 1.54) is 12.3 Å². The molecule has 1 aromatic carbocycles. The molecule has 1 aliphatic heterocycles. The number of fused-ring (bicyclic) bond motifs is 1. The lowest BCUT2D eigenvalue weighted by Crippen LogP contribution is -2.34. The third kappa shape index (κ3) is 4.35. The van der Waals surface area contributed by atoms with Crippen molar-refractivity contribution in [2.75, 3.05) is 29.9 Å². The maximum absolute atomic E-state index is 12.4. The fourth-order valence-electron chi connectivity index (χ4n) is 3.11. The maximum Gasteiger partial charge on any atom is 0.251 e. The molecule has 0 spiro atoms. The number of carbonyl (C=O) groups is 2. The highest BCUT2D eigenvalue weighted by molar-refractivity contribution is 6.02. The van der Waals surface area contributed by atoms with E-state index in [9.17, 15) is 9.59 Å². The molecule has 0 unspecified atom stereocenters. The van der Waals surface area contributed by atoms with Gasteiger partial charge in [-0.25, -0.2) is 4.98 Å². The Hall–Kier alpha value is -3.66. The second kappa shape index (κ2) is 8.82. The third-order valence-electron chi connectivity index (χ3n) is 4.51. The van der Waals surface area contributed by atoms with E-state index in [-0.39, 0.29) is 11.8 Å². The molecular formula is C21H21N5O2. The summed E-state index contributed by atoms with van der Waals surface area (Å²) in [7, 11) is 0. The molecule has 142 valence electrons. The van der Waals surface area contributed by atoms with E-state index in [4.69, 9.17) is 5.26 Å². The maximum atomic E-state index is 12.4.